The molecule has 0 amide bonds. The van der Waals surface area contributed by atoms with Gasteiger partial charge in [0.05, 0.1) is 0 Å². The van der Waals surface area contributed by atoms with E-state index < -0.39 is 0 Å². The van der Waals surface area contributed by atoms with Gasteiger partial charge in [-0.3, -0.25) is 0 Å². The summed E-state index contributed by atoms with van der Waals surface area (Å²) in [6.07, 6.45) is 5.31. The molecule has 2 aliphatic rings. The summed E-state index contributed by atoms with van der Waals surface area (Å²) in [5, 5.41) is 3.67. The third kappa shape index (κ3) is 1.74. The molecule has 1 aromatic carbocycles. The first-order valence-electron chi connectivity index (χ1n) is 5.93. The van der Waals surface area contributed by atoms with E-state index in [-0.39, 0.29) is 0 Å². The number of piperidine rings is 1. The summed E-state index contributed by atoms with van der Waals surface area (Å²) in [4.78, 5) is 0. The molecule has 3 atom stereocenters. The number of rotatable bonds is 1. The summed E-state index contributed by atoms with van der Waals surface area (Å²) in [6.45, 7) is 0. The van der Waals surface area contributed by atoms with Gasteiger partial charge in [-0.15, -0.1) is 0 Å². The second-order valence-electron chi connectivity index (χ2n) is 4.98. The smallest absolute Gasteiger partial charge is 0.0316 e. The van der Waals surface area contributed by atoms with Gasteiger partial charge in [-0.25, -0.2) is 0 Å². The van der Waals surface area contributed by atoms with Crippen LogP contribution in [0.3, 0.4) is 0 Å². The number of hydrogen-bond acceptors (Lipinski definition) is 2. The highest BCUT2D eigenvalue weighted by atomic mass is 15.0. The van der Waals surface area contributed by atoms with Gasteiger partial charge >= 0.3 is 0 Å². The molecule has 0 saturated carbocycles. The lowest BCUT2D eigenvalue weighted by Crippen LogP contribution is -2.37. The van der Waals surface area contributed by atoms with Gasteiger partial charge in [-0.1, -0.05) is 12.1 Å². The molecule has 0 aromatic heterocycles. The van der Waals surface area contributed by atoms with Gasteiger partial charge in [0.25, 0.3) is 0 Å². The molecule has 80 valence electrons. The molecule has 2 nitrogen and oxygen atoms in total. The van der Waals surface area contributed by atoms with Crippen LogP contribution in [0.1, 0.15) is 37.2 Å². The first kappa shape index (κ1) is 9.22. The van der Waals surface area contributed by atoms with E-state index in [1.165, 1.54) is 31.2 Å². The molecule has 0 radical (unpaired) electrons. The minimum Gasteiger partial charge on any atom is -0.399 e. The van der Waals surface area contributed by atoms with E-state index in [1.54, 1.807) is 0 Å². The Morgan fingerprint density at radius 2 is 1.87 bits per heavy atom. The van der Waals surface area contributed by atoms with Crippen molar-refractivity contribution in [3.05, 3.63) is 29.8 Å². The molecule has 15 heavy (non-hydrogen) atoms. The van der Waals surface area contributed by atoms with Crippen molar-refractivity contribution in [3.8, 4) is 0 Å². The van der Waals surface area contributed by atoms with Crippen LogP contribution in [0.2, 0.25) is 0 Å². The Balaban J connectivity index is 1.83. The van der Waals surface area contributed by atoms with Crippen molar-refractivity contribution in [1.29, 1.82) is 0 Å². The third-order valence-corrected chi connectivity index (χ3v) is 3.86. The van der Waals surface area contributed by atoms with Gasteiger partial charge in [0.2, 0.25) is 0 Å². The first-order valence-corrected chi connectivity index (χ1v) is 5.93. The molecule has 2 heterocycles. The zero-order chi connectivity index (χ0) is 10.3. The fourth-order valence-corrected chi connectivity index (χ4v) is 3.14. The number of nitrogens with two attached hydrogens (primary N) is 1. The number of fused-ring (bicyclic) bond motifs is 2. The van der Waals surface area contributed by atoms with Crippen molar-refractivity contribution in [1.82, 2.24) is 5.32 Å². The predicted molar refractivity (Wildman–Crippen MR) is 62.8 cm³/mol. The molecule has 3 rings (SSSR count). The quantitative estimate of drug-likeness (QED) is 0.686. The summed E-state index contributed by atoms with van der Waals surface area (Å²) in [6, 6.07) is 9.94. The highest BCUT2D eigenvalue weighted by Crippen LogP contribution is 2.37. The molecule has 3 N–H and O–H groups in total. The maximum absolute atomic E-state index is 5.83. The van der Waals surface area contributed by atoms with Crippen molar-refractivity contribution in [3.63, 3.8) is 0 Å². The van der Waals surface area contributed by atoms with E-state index in [4.69, 9.17) is 5.73 Å². The summed E-state index contributed by atoms with van der Waals surface area (Å²) < 4.78 is 0. The van der Waals surface area contributed by atoms with E-state index in [9.17, 15) is 0 Å². The Morgan fingerprint density at radius 3 is 2.53 bits per heavy atom. The Kier molecular flexibility index (Phi) is 2.17. The van der Waals surface area contributed by atoms with Crippen LogP contribution in [0.4, 0.5) is 5.69 Å². The highest BCUT2D eigenvalue weighted by molar-refractivity contribution is 5.42. The van der Waals surface area contributed by atoms with Crippen molar-refractivity contribution < 1.29 is 0 Å². The number of nitrogen functional groups attached to an aromatic ring is 1. The molecule has 2 heteroatoms. The summed E-state index contributed by atoms with van der Waals surface area (Å²) >= 11 is 0. The minimum atomic E-state index is 0.729. The average molecular weight is 202 g/mol. The molecule has 2 fully saturated rings. The first-order chi connectivity index (χ1) is 7.31. The molecular formula is C13H18N2. The van der Waals surface area contributed by atoms with Crippen molar-refractivity contribution in [2.45, 2.75) is 43.7 Å². The van der Waals surface area contributed by atoms with Crippen molar-refractivity contribution in [2.24, 2.45) is 0 Å². The molecule has 2 bridgehead atoms. The van der Waals surface area contributed by atoms with Crippen LogP contribution in [-0.2, 0) is 0 Å². The Bertz CT molecular complexity index is 349. The lowest BCUT2D eigenvalue weighted by atomic mass is 9.86. The van der Waals surface area contributed by atoms with Crippen LogP contribution >= 0.6 is 0 Å². The average Bonchev–Trinajstić information content (AvgIpc) is 2.58. The number of anilines is 1. The van der Waals surface area contributed by atoms with Gasteiger partial charge in [0.15, 0.2) is 0 Å². The van der Waals surface area contributed by atoms with Crippen LogP contribution < -0.4 is 11.1 Å². The third-order valence-electron chi connectivity index (χ3n) is 3.86. The van der Waals surface area contributed by atoms with Crippen LogP contribution in [0.5, 0.6) is 0 Å². The zero-order valence-electron chi connectivity index (χ0n) is 8.95. The molecule has 2 saturated heterocycles. The zero-order valence-corrected chi connectivity index (χ0v) is 8.95. The highest BCUT2D eigenvalue weighted by Gasteiger charge is 2.33. The van der Waals surface area contributed by atoms with Crippen LogP contribution in [-0.4, -0.2) is 12.1 Å². The summed E-state index contributed by atoms with van der Waals surface area (Å²) in [7, 11) is 0. The van der Waals surface area contributed by atoms with Gasteiger partial charge < -0.3 is 11.1 Å². The standard InChI is InChI=1S/C13H18N2/c14-11-3-1-2-9(6-11)10-7-12-4-5-13(8-10)15-12/h1-3,6,10,12-13,15H,4-5,7-8,14H2/t10?,12-,13+. The monoisotopic (exact) mass is 202 g/mol. The molecule has 1 aromatic rings. The maximum atomic E-state index is 5.83. The minimum absolute atomic E-state index is 0.729. The Labute approximate surface area is 90.9 Å². The lowest BCUT2D eigenvalue weighted by molar-refractivity contribution is 0.363. The Hall–Kier alpha value is -1.02. The van der Waals surface area contributed by atoms with E-state index in [1.807, 2.05) is 6.07 Å². The lowest BCUT2D eigenvalue weighted by Gasteiger charge is -2.29. The molecule has 1 unspecified atom stereocenters. The van der Waals surface area contributed by atoms with Crippen LogP contribution in [0, 0.1) is 0 Å². The SMILES string of the molecule is Nc1cccc(C2C[C@H]3CC[C@@H](C2)N3)c1. The van der Waals surface area contributed by atoms with Crippen molar-refractivity contribution >= 4 is 5.69 Å². The van der Waals surface area contributed by atoms with Gasteiger partial charge in [0, 0.05) is 17.8 Å². The molecule has 0 spiro atoms. The fourth-order valence-electron chi connectivity index (χ4n) is 3.14. The van der Waals surface area contributed by atoms with Crippen molar-refractivity contribution in [2.75, 3.05) is 5.73 Å². The number of nitrogens with one attached hydrogen (secondary N) is 1. The normalized spacial score (nSPS) is 34.3. The van der Waals surface area contributed by atoms with Gasteiger partial charge in [-0.05, 0) is 49.3 Å². The fraction of sp³-hybridized carbons (Fsp3) is 0.538. The van der Waals surface area contributed by atoms with Gasteiger partial charge in [-0.2, -0.15) is 0 Å². The Morgan fingerprint density at radius 1 is 1.13 bits per heavy atom. The van der Waals surface area contributed by atoms with E-state index in [0.717, 1.165) is 23.7 Å². The van der Waals surface area contributed by atoms with Crippen LogP contribution in [0.25, 0.3) is 0 Å². The number of benzene rings is 1. The number of hydrogen-bond donors (Lipinski definition) is 2. The van der Waals surface area contributed by atoms with Crippen LogP contribution in [0.15, 0.2) is 24.3 Å². The second-order valence-corrected chi connectivity index (χ2v) is 4.98. The van der Waals surface area contributed by atoms with E-state index in [2.05, 4.69) is 23.5 Å². The van der Waals surface area contributed by atoms with Gasteiger partial charge in [0.1, 0.15) is 0 Å². The molecule has 0 aliphatic carbocycles. The largest absolute Gasteiger partial charge is 0.399 e. The summed E-state index contributed by atoms with van der Waals surface area (Å²) in [5.41, 5.74) is 8.17. The maximum Gasteiger partial charge on any atom is 0.0316 e. The second kappa shape index (κ2) is 3.53. The topological polar surface area (TPSA) is 38.0 Å². The summed E-state index contributed by atoms with van der Waals surface area (Å²) in [5.74, 6) is 0.729. The molecular weight excluding hydrogens is 184 g/mol. The molecule has 2 aliphatic heterocycles. The van der Waals surface area contributed by atoms with E-state index >= 15 is 0 Å². The predicted octanol–water partition coefficient (Wildman–Crippen LogP) is 2.27. The van der Waals surface area contributed by atoms with E-state index in [0.29, 0.717) is 0 Å².